The zero-order valence-electron chi connectivity index (χ0n) is 11.8. The van der Waals surface area contributed by atoms with Gasteiger partial charge in [-0.15, -0.1) is 0 Å². The maximum absolute atomic E-state index is 12.0. The molecule has 21 heavy (non-hydrogen) atoms. The summed E-state index contributed by atoms with van der Waals surface area (Å²) in [6, 6.07) is 7.52. The van der Waals surface area contributed by atoms with Gasteiger partial charge in [0.25, 0.3) is 5.91 Å². The zero-order valence-corrected chi connectivity index (χ0v) is 11.8. The molecule has 2 N–H and O–H groups in total. The van der Waals surface area contributed by atoms with Gasteiger partial charge < -0.3 is 20.3 Å². The van der Waals surface area contributed by atoms with Crippen LogP contribution in [0.4, 0.5) is 5.69 Å². The standard InChI is InChI=1S/C15H19N3O3/c19-14-10-21-13-5-2-1-4-12(13)18(14)7-3-6-17-15(20)11-8-16-9-11/h1-2,4-5,11,16H,3,6-10H2,(H,17,20). The molecule has 2 aliphatic heterocycles. The first-order valence-electron chi connectivity index (χ1n) is 7.26. The number of amides is 2. The van der Waals surface area contributed by atoms with E-state index in [-0.39, 0.29) is 24.3 Å². The highest BCUT2D eigenvalue weighted by molar-refractivity contribution is 5.97. The Morgan fingerprint density at radius 3 is 2.95 bits per heavy atom. The van der Waals surface area contributed by atoms with Gasteiger partial charge in [0.05, 0.1) is 11.6 Å². The number of nitrogens with one attached hydrogen (secondary N) is 2. The van der Waals surface area contributed by atoms with Crippen molar-refractivity contribution in [2.24, 2.45) is 5.92 Å². The molecular formula is C15H19N3O3. The molecule has 0 spiro atoms. The van der Waals surface area contributed by atoms with E-state index in [2.05, 4.69) is 10.6 Å². The first kappa shape index (κ1) is 13.9. The number of fused-ring (bicyclic) bond motifs is 1. The number of carbonyl (C=O) groups is 2. The number of ether oxygens (including phenoxy) is 1. The fourth-order valence-corrected chi connectivity index (χ4v) is 2.47. The summed E-state index contributed by atoms with van der Waals surface area (Å²) >= 11 is 0. The fourth-order valence-electron chi connectivity index (χ4n) is 2.47. The molecule has 2 heterocycles. The molecule has 0 radical (unpaired) electrons. The number of benzene rings is 1. The van der Waals surface area contributed by atoms with E-state index in [1.54, 1.807) is 4.90 Å². The lowest BCUT2D eigenvalue weighted by Crippen LogP contribution is -2.51. The van der Waals surface area contributed by atoms with Crippen LogP contribution < -0.4 is 20.3 Å². The summed E-state index contributed by atoms with van der Waals surface area (Å²) in [6.07, 6.45) is 0.728. The Kier molecular flexibility index (Phi) is 4.06. The van der Waals surface area contributed by atoms with Crippen LogP contribution in [0.1, 0.15) is 6.42 Å². The quantitative estimate of drug-likeness (QED) is 0.756. The predicted octanol–water partition coefficient (Wildman–Crippen LogP) is 0.138. The van der Waals surface area contributed by atoms with E-state index in [4.69, 9.17) is 4.74 Å². The molecule has 0 atom stereocenters. The highest BCUT2D eigenvalue weighted by Gasteiger charge is 2.26. The molecule has 0 aliphatic carbocycles. The van der Waals surface area contributed by atoms with Gasteiger partial charge in [-0.2, -0.15) is 0 Å². The third-order valence-electron chi connectivity index (χ3n) is 3.82. The SMILES string of the molecule is O=C(NCCCN1C(=O)COc2ccccc21)C1CNC1. The van der Waals surface area contributed by atoms with Crippen molar-refractivity contribution in [3.8, 4) is 5.75 Å². The van der Waals surface area contributed by atoms with Crippen molar-refractivity contribution >= 4 is 17.5 Å². The third-order valence-corrected chi connectivity index (χ3v) is 3.82. The van der Waals surface area contributed by atoms with Gasteiger partial charge in [0, 0.05) is 26.2 Å². The van der Waals surface area contributed by atoms with Crippen molar-refractivity contribution in [2.45, 2.75) is 6.42 Å². The van der Waals surface area contributed by atoms with Crippen LogP contribution in [0.15, 0.2) is 24.3 Å². The lowest BCUT2D eigenvalue weighted by atomic mass is 10.0. The van der Waals surface area contributed by atoms with Crippen molar-refractivity contribution in [1.82, 2.24) is 10.6 Å². The van der Waals surface area contributed by atoms with Gasteiger partial charge >= 0.3 is 0 Å². The number of hydrogen-bond acceptors (Lipinski definition) is 4. The summed E-state index contributed by atoms with van der Waals surface area (Å²) in [5.74, 6) is 0.906. The van der Waals surface area contributed by atoms with Crippen LogP contribution in [0, 0.1) is 5.92 Å². The molecule has 0 aromatic heterocycles. The first-order chi connectivity index (χ1) is 10.3. The molecule has 1 fully saturated rings. The van der Waals surface area contributed by atoms with Crippen molar-refractivity contribution in [2.75, 3.05) is 37.7 Å². The Morgan fingerprint density at radius 1 is 1.38 bits per heavy atom. The second-order valence-corrected chi connectivity index (χ2v) is 5.30. The lowest BCUT2D eigenvalue weighted by Gasteiger charge is -2.29. The molecule has 6 heteroatoms. The maximum Gasteiger partial charge on any atom is 0.265 e. The molecule has 2 aliphatic rings. The Morgan fingerprint density at radius 2 is 2.19 bits per heavy atom. The molecule has 0 saturated carbocycles. The first-order valence-corrected chi connectivity index (χ1v) is 7.26. The van der Waals surface area contributed by atoms with E-state index < -0.39 is 0 Å². The topological polar surface area (TPSA) is 70.7 Å². The molecule has 0 unspecified atom stereocenters. The zero-order chi connectivity index (χ0) is 14.7. The van der Waals surface area contributed by atoms with E-state index in [0.717, 1.165) is 30.9 Å². The Labute approximate surface area is 123 Å². The van der Waals surface area contributed by atoms with Gasteiger partial charge in [0.2, 0.25) is 5.91 Å². The molecule has 1 saturated heterocycles. The molecular weight excluding hydrogens is 270 g/mol. The van der Waals surface area contributed by atoms with Crippen LogP contribution in [0.2, 0.25) is 0 Å². The van der Waals surface area contributed by atoms with Crippen molar-refractivity contribution < 1.29 is 14.3 Å². The Hall–Kier alpha value is -2.08. The highest BCUT2D eigenvalue weighted by Crippen LogP contribution is 2.31. The normalized spacial score (nSPS) is 17.7. The minimum atomic E-state index is -0.0387. The molecule has 6 nitrogen and oxygen atoms in total. The Balaban J connectivity index is 1.50. The van der Waals surface area contributed by atoms with E-state index >= 15 is 0 Å². The Bertz CT molecular complexity index is 543. The number of carbonyl (C=O) groups excluding carboxylic acids is 2. The number of hydrogen-bond donors (Lipinski definition) is 2. The third kappa shape index (κ3) is 3.00. The fraction of sp³-hybridized carbons (Fsp3) is 0.467. The molecule has 3 rings (SSSR count). The molecule has 1 aromatic rings. The summed E-state index contributed by atoms with van der Waals surface area (Å²) in [7, 11) is 0. The lowest BCUT2D eigenvalue weighted by molar-refractivity contribution is -0.126. The minimum Gasteiger partial charge on any atom is -0.482 e. The van der Waals surface area contributed by atoms with Gasteiger partial charge in [-0.1, -0.05) is 12.1 Å². The average Bonchev–Trinajstić information content (AvgIpc) is 2.43. The van der Waals surface area contributed by atoms with Gasteiger partial charge in [-0.05, 0) is 18.6 Å². The van der Waals surface area contributed by atoms with Crippen LogP contribution >= 0.6 is 0 Å². The van der Waals surface area contributed by atoms with Gasteiger partial charge in [0.15, 0.2) is 6.61 Å². The van der Waals surface area contributed by atoms with E-state index in [0.29, 0.717) is 13.1 Å². The largest absolute Gasteiger partial charge is 0.482 e. The number of nitrogens with zero attached hydrogens (tertiary/aromatic N) is 1. The summed E-state index contributed by atoms with van der Waals surface area (Å²) in [6.45, 7) is 2.78. The molecule has 1 aromatic carbocycles. The highest BCUT2D eigenvalue weighted by atomic mass is 16.5. The summed E-state index contributed by atoms with van der Waals surface area (Å²) < 4.78 is 5.40. The van der Waals surface area contributed by atoms with Crippen LogP contribution in [-0.4, -0.2) is 44.6 Å². The summed E-state index contributed by atoms with van der Waals surface area (Å²) in [5, 5.41) is 5.99. The van der Waals surface area contributed by atoms with Crippen LogP contribution in [-0.2, 0) is 9.59 Å². The van der Waals surface area contributed by atoms with Crippen LogP contribution in [0.25, 0.3) is 0 Å². The second-order valence-electron chi connectivity index (χ2n) is 5.30. The van der Waals surface area contributed by atoms with Gasteiger partial charge in [0.1, 0.15) is 5.75 Å². The number of anilines is 1. The smallest absolute Gasteiger partial charge is 0.265 e. The van der Waals surface area contributed by atoms with Crippen molar-refractivity contribution in [3.05, 3.63) is 24.3 Å². The van der Waals surface area contributed by atoms with Crippen molar-refractivity contribution in [3.63, 3.8) is 0 Å². The van der Waals surface area contributed by atoms with Gasteiger partial charge in [-0.25, -0.2) is 0 Å². The van der Waals surface area contributed by atoms with E-state index in [1.807, 2.05) is 24.3 Å². The molecule has 112 valence electrons. The van der Waals surface area contributed by atoms with Crippen molar-refractivity contribution in [1.29, 1.82) is 0 Å². The maximum atomic E-state index is 12.0. The average molecular weight is 289 g/mol. The molecule has 2 amide bonds. The molecule has 0 bridgehead atoms. The van der Waals surface area contributed by atoms with Crippen LogP contribution in [0.5, 0.6) is 5.75 Å². The van der Waals surface area contributed by atoms with E-state index in [1.165, 1.54) is 0 Å². The monoisotopic (exact) mass is 289 g/mol. The number of rotatable bonds is 5. The summed E-state index contributed by atoms with van der Waals surface area (Å²) in [5.41, 5.74) is 0.809. The van der Waals surface area contributed by atoms with Gasteiger partial charge in [-0.3, -0.25) is 9.59 Å². The predicted molar refractivity (Wildman–Crippen MR) is 78.3 cm³/mol. The van der Waals surface area contributed by atoms with Crippen LogP contribution in [0.3, 0.4) is 0 Å². The minimum absolute atomic E-state index is 0.0387. The summed E-state index contributed by atoms with van der Waals surface area (Å²) in [4.78, 5) is 25.4. The second kappa shape index (κ2) is 6.13. The van der Waals surface area contributed by atoms with E-state index in [9.17, 15) is 9.59 Å². The number of para-hydroxylation sites is 2.